The SMILES string of the molecule is C=CCc1cc(C=NNC(=O)C(C)C(=O)Nc2ccccc2F)cc(OCC)c1OCc1ccc(Cl)cc1Cl. The number of anilines is 1. The van der Waals surface area contributed by atoms with Crippen molar-refractivity contribution in [2.75, 3.05) is 11.9 Å². The Morgan fingerprint density at radius 1 is 1.08 bits per heavy atom. The van der Waals surface area contributed by atoms with Gasteiger partial charge >= 0.3 is 0 Å². The van der Waals surface area contributed by atoms with Gasteiger partial charge in [0.15, 0.2) is 11.5 Å². The first-order chi connectivity index (χ1) is 18.7. The molecule has 2 amide bonds. The van der Waals surface area contributed by atoms with E-state index in [0.29, 0.717) is 40.1 Å². The standard InChI is InChI=1S/C29H28Cl2FN3O4/c1-4-8-20-13-19(14-26(38-5-2)27(20)39-17-21-11-12-22(30)15-23(21)31)16-33-35-29(37)18(3)28(36)34-25-10-7-6-9-24(25)32/h4,6-7,9-16,18H,1,5,8,17H2,2-3H3,(H,34,36)(H,35,37). The fourth-order valence-electron chi connectivity index (χ4n) is 3.47. The molecule has 0 saturated carbocycles. The minimum absolute atomic E-state index is 0.00973. The molecule has 204 valence electrons. The molecule has 0 aromatic heterocycles. The highest BCUT2D eigenvalue weighted by Gasteiger charge is 2.22. The molecular formula is C29H28Cl2FN3O4. The molecular weight excluding hydrogens is 544 g/mol. The molecule has 0 radical (unpaired) electrons. The molecule has 0 heterocycles. The van der Waals surface area contributed by atoms with Crippen LogP contribution in [0.2, 0.25) is 10.0 Å². The summed E-state index contributed by atoms with van der Waals surface area (Å²) < 4.78 is 25.7. The van der Waals surface area contributed by atoms with Gasteiger partial charge in [0.25, 0.3) is 5.91 Å². The highest BCUT2D eigenvalue weighted by Crippen LogP contribution is 2.35. The van der Waals surface area contributed by atoms with Gasteiger partial charge in [0, 0.05) is 21.2 Å². The summed E-state index contributed by atoms with van der Waals surface area (Å²) in [6.07, 6.45) is 3.63. The smallest absolute Gasteiger partial charge is 0.252 e. The quantitative estimate of drug-likeness (QED) is 0.111. The Kier molecular flexibility index (Phi) is 10.9. The summed E-state index contributed by atoms with van der Waals surface area (Å²) in [5.41, 5.74) is 4.50. The lowest BCUT2D eigenvalue weighted by Gasteiger charge is -2.17. The summed E-state index contributed by atoms with van der Waals surface area (Å²) >= 11 is 12.3. The first-order valence-corrected chi connectivity index (χ1v) is 12.8. The summed E-state index contributed by atoms with van der Waals surface area (Å²) in [5.74, 6) is -2.03. The number of nitrogens with zero attached hydrogens (tertiary/aromatic N) is 1. The van der Waals surface area contributed by atoms with Gasteiger partial charge < -0.3 is 14.8 Å². The van der Waals surface area contributed by atoms with Gasteiger partial charge in [-0.15, -0.1) is 6.58 Å². The molecule has 0 aliphatic heterocycles. The van der Waals surface area contributed by atoms with Crippen molar-refractivity contribution in [3.05, 3.63) is 99.8 Å². The van der Waals surface area contributed by atoms with E-state index in [1.807, 2.05) is 13.0 Å². The molecule has 0 spiro atoms. The van der Waals surface area contributed by atoms with Crippen LogP contribution in [-0.4, -0.2) is 24.6 Å². The van der Waals surface area contributed by atoms with Crippen LogP contribution >= 0.6 is 23.2 Å². The molecule has 1 atom stereocenters. The lowest BCUT2D eigenvalue weighted by Crippen LogP contribution is -2.34. The van der Waals surface area contributed by atoms with Gasteiger partial charge in [0.05, 0.1) is 18.5 Å². The predicted octanol–water partition coefficient (Wildman–Crippen LogP) is 6.56. The van der Waals surface area contributed by atoms with Gasteiger partial charge in [-0.3, -0.25) is 9.59 Å². The molecule has 1 unspecified atom stereocenters. The van der Waals surface area contributed by atoms with Crippen LogP contribution in [0.4, 0.5) is 10.1 Å². The topological polar surface area (TPSA) is 89.0 Å². The highest BCUT2D eigenvalue weighted by molar-refractivity contribution is 6.35. The maximum atomic E-state index is 13.8. The molecule has 3 rings (SSSR count). The Morgan fingerprint density at radius 3 is 2.54 bits per heavy atom. The Bertz CT molecular complexity index is 1380. The number of amides is 2. The second-order valence-electron chi connectivity index (χ2n) is 8.38. The molecule has 0 aliphatic carbocycles. The summed E-state index contributed by atoms with van der Waals surface area (Å²) in [4.78, 5) is 24.8. The lowest BCUT2D eigenvalue weighted by molar-refractivity contribution is -0.131. The average Bonchev–Trinajstić information content (AvgIpc) is 2.90. The summed E-state index contributed by atoms with van der Waals surface area (Å²) in [7, 11) is 0. The largest absolute Gasteiger partial charge is 0.490 e. The van der Waals surface area contributed by atoms with E-state index in [9.17, 15) is 14.0 Å². The van der Waals surface area contributed by atoms with Crippen molar-refractivity contribution in [3.8, 4) is 11.5 Å². The van der Waals surface area contributed by atoms with Gasteiger partial charge in [-0.05, 0) is 62.2 Å². The zero-order valence-corrected chi connectivity index (χ0v) is 23.0. The van der Waals surface area contributed by atoms with Crippen LogP contribution in [0.3, 0.4) is 0 Å². The first-order valence-electron chi connectivity index (χ1n) is 12.1. The molecule has 39 heavy (non-hydrogen) atoms. The number of carbonyl (C=O) groups excluding carboxylic acids is 2. The number of benzene rings is 3. The molecule has 0 bridgehead atoms. The first kappa shape index (κ1) is 29.7. The van der Waals surface area contributed by atoms with Crippen molar-refractivity contribution in [3.63, 3.8) is 0 Å². The van der Waals surface area contributed by atoms with Gasteiger partial charge in [0.1, 0.15) is 18.3 Å². The normalized spacial score (nSPS) is 11.6. The zero-order valence-electron chi connectivity index (χ0n) is 21.5. The Balaban J connectivity index is 1.73. The van der Waals surface area contributed by atoms with Crippen molar-refractivity contribution in [2.24, 2.45) is 11.0 Å². The van der Waals surface area contributed by atoms with Crippen LogP contribution in [0, 0.1) is 11.7 Å². The van der Waals surface area contributed by atoms with Gasteiger partial charge in [-0.25, -0.2) is 9.82 Å². The van der Waals surface area contributed by atoms with E-state index in [0.717, 1.165) is 11.1 Å². The number of carbonyl (C=O) groups is 2. The van der Waals surface area contributed by atoms with Crippen molar-refractivity contribution < 1.29 is 23.5 Å². The van der Waals surface area contributed by atoms with Crippen molar-refractivity contribution >= 4 is 46.9 Å². The molecule has 0 fully saturated rings. The number of rotatable bonds is 12. The summed E-state index contributed by atoms with van der Waals surface area (Å²) in [6, 6.07) is 14.4. The van der Waals surface area contributed by atoms with Crippen LogP contribution in [0.15, 0.2) is 72.4 Å². The Labute approximate surface area is 236 Å². The maximum Gasteiger partial charge on any atom is 0.252 e. The maximum absolute atomic E-state index is 13.8. The molecule has 2 N–H and O–H groups in total. The predicted molar refractivity (Wildman–Crippen MR) is 152 cm³/mol. The third-order valence-electron chi connectivity index (χ3n) is 5.51. The molecule has 3 aromatic carbocycles. The molecule has 3 aromatic rings. The number of nitrogens with one attached hydrogen (secondary N) is 2. The minimum atomic E-state index is -1.12. The third kappa shape index (κ3) is 8.30. The van der Waals surface area contributed by atoms with E-state index < -0.39 is 23.5 Å². The van der Waals surface area contributed by atoms with Crippen LogP contribution in [0.25, 0.3) is 0 Å². The van der Waals surface area contributed by atoms with Crippen LogP contribution in [0.5, 0.6) is 11.5 Å². The zero-order chi connectivity index (χ0) is 28.4. The number of allylic oxidation sites excluding steroid dienone is 1. The Hall–Kier alpha value is -3.88. The minimum Gasteiger partial charge on any atom is -0.490 e. The number of ether oxygens (including phenoxy) is 2. The lowest BCUT2D eigenvalue weighted by atomic mass is 10.1. The van der Waals surface area contributed by atoms with Crippen LogP contribution < -0.4 is 20.2 Å². The van der Waals surface area contributed by atoms with Gasteiger partial charge in [-0.2, -0.15) is 5.10 Å². The van der Waals surface area contributed by atoms with Crippen LogP contribution in [-0.2, 0) is 22.6 Å². The van der Waals surface area contributed by atoms with Crippen molar-refractivity contribution in [1.29, 1.82) is 0 Å². The van der Waals surface area contributed by atoms with Crippen molar-refractivity contribution in [1.82, 2.24) is 5.43 Å². The second kappa shape index (κ2) is 14.3. The average molecular weight is 572 g/mol. The number of halogens is 3. The molecule has 0 saturated heterocycles. The van der Waals surface area contributed by atoms with Crippen molar-refractivity contribution in [2.45, 2.75) is 26.9 Å². The third-order valence-corrected chi connectivity index (χ3v) is 6.10. The number of hydrogen-bond acceptors (Lipinski definition) is 5. The number of hydrogen-bond donors (Lipinski definition) is 2. The fourth-order valence-corrected chi connectivity index (χ4v) is 3.93. The van der Waals surface area contributed by atoms with E-state index in [1.165, 1.54) is 31.3 Å². The monoisotopic (exact) mass is 571 g/mol. The summed E-state index contributed by atoms with van der Waals surface area (Å²) in [6.45, 7) is 7.64. The Morgan fingerprint density at radius 2 is 1.85 bits per heavy atom. The van der Waals surface area contributed by atoms with E-state index in [-0.39, 0.29) is 12.3 Å². The van der Waals surface area contributed by atoms with E-state index in [2.05, 4.69) is 22.4 Å². The van der Waals surface area contributed by atoms with E-state index >= 15 is 0 Å². The number of hydrazone groups is 1. The second-order valence-corrected chi connectivity index (χ2v) is 9.23. The van der Waals surface area contributed by atoms with E-state index in [4.69, 9.17) is 32.7 Å². The fraction of sp³-hybridized carbons (Fsp3) is 0.207. The summed E-state index contributed by atoms with van der Waals surface area (Å²) in [5, 5.41) is 7.40. The molecule has 0 aliphatic rings. The van der Waals surface area contributed by atoms with Gasteiger partial charge in [0.2, 0.25) is 5.91 Å². The van der Waals surface area contributed by atoms with Crippen LogP contribution in [0.1, 0.15) is 30.5 Å². The molecule has 10 heteroatoms. The number of para-hydroxylation sites is 1. The van der Waals surface area contributed by atoms with Gasteiger partial charge in [-0.1, -0.05) is 47.5 Å². The highest BCUT2D eigenvalue weighted by atomic mass is 35.5. The van der Waals surface area contributed by atoms with E-state index in [1.54, 1.807) is 36.4 Å². The molecule has 7 nitrogen and oxygen atoms in total.